The summed E-state index contributed by atoms with van der Waals surface area (Å²) in [7, 11) is 0. The molecule has 6 rings (SSSR count). The summed E-state index contributed by atoms with van der Waals surface area (Å²) in [5.41, 5.74) is -1.10. The first kappa shape index (κ1) is 33.7. The largest absolute Gasteiger partial charge is 0.481 e. The second kappa shape index (κ2) is 11.7. The van der Waals surface area contributed by atoms with Crippen LogP contribution in [0.4, 0.5) is 0 Å². The van der Waals surface area contributed by atoms with E-state index in [1.807, 2.05) is 6.92 Å². The molecular formula is C32H50O13. The third-order valence-electron chi connectivity index (χ3n) is 12.9. The summed E-state index contributed by atoms with van der Waals surface area (Å²) in [5, 5.41) is 82.8. The van der Waals surface area contributed by atoms with Gasteiger partial charge in [0.05, 0.1) is 24.2 Å². The molecule has 1 spiro atoms. The fourth-order valence-electron chi connectivity index (χ4n) is 10.6. The fourth-order valence-corrected chi connectivity index (χ4v) is 10.6. The van der Waals surface area contributed by atoms with Crippen LogP contribution in [0.5, 0.6) is 0 Å². The molecule has 0 radical (unpaired) electrons. The Morgan fingerprint density at radius 3 is 2.11 bits per heavy atom. The first-order valence-electron chi connectivity index (χ1n) is 16.3. The highest BCUT2D eigenvalue weighted by molar-refractivity contribution is 5.75. The van der Waals surface area contributed by atoms with E-state index in [0.717, 1.165) is 37.7 Å². The van der Waals surface area contributed by atoms with Crippen molar-refractivity contribution in [2.45, 2.75) is 139 Å². The predicted molar refractivity (Wildman–Crippen MR) is 154 cm³/mol. The molecule has 8 N–H and O–H groups in total. The van der Waals surface area contributed by atoms with Crippen molar-refractivity contribution in [1.82, 2.24) is 0 Å². The van der Waals surface area contributed by atoms with Gasteiger partial charge in [0.1, 0.15) is 48.8 Å². The molecule has 6 aliphatic rings. The molecule has 13 nitrogen and oxygen atoms in total. The van der Waals surface area contributed by atoms with Gasteiger partial charge in [0.2, 0.25) is 0 Å². The number of aliphatic hydroxyl groups is 7. The van der Waals surface area contributed by atoms with Gasteiger partial charge in [-0.15, -0.1) is 0 Å². The number of rotatable bonds is 7. The maximum absolute atomic E-state index is 12.5. The molecule has 6 fully saturated rings. The molecule has 0 amide bonds. The predicted octanol–water partition coefficient (Wildman–Crippen LogP) is -0.197. The van der Waals surface area contributed by atoms with E-state index < -0.39 is 91.6 Å². The Hall–Kier alpha value is -1.23. The Morgan fingerprint density at radius 1 is 0.844 bits per heavy atom. The SMILES string of the molecule is C=C1C[C@@]23CC[C@H]4[C@@](C)(CCC[C@@]4(C)C(=O)O)[C@@H]2CC[C@]1(O[C@H]1O[C@@H](CO)[C@H](O)[C@H](O)[C@@H]1O[C@@H]1O[C@H](CO)[C@H](O)[C@H](O)[C@@H]1O)C3. The minimum Gasteiger partial charge on any atom is -0.481 e. The molecule has 13 heteroatoms. The standard InChI is InChI=1S/C32H50O13/c1-15-11-31-9-5-18-29(2,7-4-8-30(18,3)28(40)41)19(31)6-10-32(15,14-31)45-27-25(23(38)21(36)17(13-34)43-27)44-26-24(39)22(37)20(35)16(12-33)42-26/h16-27,33-39H,1,4-14H2,2-3H3,(H,40,41)/t16-,17+,18+,19+,20+,21+,22+,23+,24+,25+,26+,27-,29-,30-,31-,32+/m1/s1. The summed E-state index contributed by atoms with van der Waals surface area (Å²) >= 11 is 0. The summed E-state index contributed by atoms with van der Waals surface area (Å²) in [6.45, 7) is 7.33. The number of aliphatic carboxylic acids is 1. The van der Waals surface area contributed by atoms with Crippen molar-refractivity contribution >= 4 is 5.97 Å². The Kier molecular flexibility index (Phi) is 8.77. The van der Waals surface area contributed by atoms with Crippen LogP contribution in [-0.2, 0) is 23.7 Å². The number of fused-ring (bicyclic) bond motifs is 3. The third kappa shape index (κ3) is 5.04. The molecule has 2 bridgehead atoms. The van der Waals surface area contributed by atoms with Crippen molar-refractivity contribution < 1.29 is 64.6 Å². The van der Waals surface area contributed by atoms with Gasteiger partial charge < -0.3 is 59.8 Å². The minimum absolute atomic E-state index is 0.0640. The van der Waals surface area contributed by atoms with Gasteiger partial charge in [-0.3, -0.25) is 4.79 Å². The van der Waals surface area contributed by atoms with Crippen LogP contribution in [0.3, 0.4) is 0 Å². The van der Waals surface area contributed by atoms with Gasteiger partial charge in [-0.2, -0.15) is 0 Å². The lowest BCUT2D eigenvalue weighted by atomic mass is 9.41. The van der Waals surface area contributed by atoms with Crippen LogP contribution in [0, 0.1) is 28.1 Å². The molecule has 4 aliphatic carbocycles. The van der Waals surface area contributed by atoms with E-state index in [1.165, 1.54) is 0 Å². The zero-order chi connectivity index (χ0) is 32.7. The van der Waals surface area contributed by atoms with E-state index in [2.05, 4.69) is 13.5 Å². The second-order valence-electron chi connectivity index (χ2n) is 15.2. The monoisotopic (exact) mass is 642 g/mol. The minimum atomic E-state index is -1.76. The summed E-state index contributed by atoms with van der Waals surface area (Å²) in [4.78, 5) is 12.5. The van der Waals surface area contributed by atoms with E-state index in [-0.39, 0.29) is 22.7 Å². The Balaban J connectivity index is 1.26. The molecule has 0 aromatic heterocycles. The van der Waals surface area contributed by atoms with E-state index in [9.17, 15) is 45.6 Å². The first-order valence-corrected chi connectivity index (χ1v) is 16.3. The highest BCUT2D eigenvalue weighted by Gasteiger charge is 2.69. The number of aliphatic hydroxyl groups excluding tert-OH is 7. The first-order chi connectivity index (χ1) is 21.2. The van der Waals surface area contributed by atoms with E-state index in [0.29, 0.717) is 25.7 Å². The van der Waals surface area contributed by atoms with Crippen LogP contribution in [0.25, 0.3) is 0 Å². The number of carboxylic acid groups (broad SMARTS) is 1. The number of carbonyl (C=O) groups is 1. The number of hydrogen-bond donors (Lipinski definition) is 8. The third-order valence-corrected chi connectivity index (χ3v) is 12.9. The van der Waals surface area contributed by atoms with Gasteiger partial charge in [-0.05, 0) is 86.5 Å². The average molecular weight is 643 g/mol. The highest BCUT2D eigenvalue weighted by atomic mass is 16.8. The fraction of sp³-hybridized carbons (Fsp3) is 0.906. The van der Waals surface area contributed by atoms with Gasteiger partial charge in [-0.25, -0.2) is 0 Å². The van der Waals surface area contributed by atoms with Gasteiger partial charge in [0.15, 0.2) is 12.6 Å². The number of carboxylic acids is 1. The maximum Gasteiger partial charge on any atom is 0.309 e. The van der Waals surface area contributed by atoms with Crippen LogP contribution >= 0.6 is 0 Å². The number of hydrogen-bond acceptors (Lipinski definition) is 12. The molecule has 2 heterocycles. The molecular weight excluding hydrogens is 592 g/mol. The Bertz CT molecular complexity index is 1150. The van der Waals surface area contributed by atoms with Crippen molar-refractivity contribution in [1.29, 1.82) is 0 Å². The highest BCUT2D eigenvalue weighted by Crippen LogP contribution is 2.73. The number of ether oxygens (including phenoxy) is 4. The van der Waals surface area contributed by atoms with Crippen LogP contribution in [0.15, 0.2) is 12.2 Å². The summed E-state index contributed by atoms with van der Waals surface area (Å²) < 4.78 is 24.1. The normalized spacial score (nSPS) is 54.7. The molecule has 4 saturated carbocycles. The summed E-state index contributed by atoms with van der Waals surface area (Å²) in [6.07, 6.45) is -8.44. The van der Waals surface area contributed by atoms with Crippen LogP contribution < -0.4 is 0 Å². The quantitative estimate of drug-likeness (QED) is 0.134. The molecule has 0 aromatic carbocycles. The van der Waals surface area contributed by atoms with Gasteiger partial charge in [0.25, 0.3) is 0 Å². The molecule has 2 aliphatic heterocycles. The van der Waals surface area contributed by atoms with Crippen LogP contribution in [-0.4, -0.2) is 127 Å². The molecule has 16 atom stereocenters. The van der Waals surface area contributed by atoms with Crippen molar-refractivity contribution in [2.75, 3.05) is 13.2 Å². The van der Waals surface area contributed by atoms with Gasteiger partial charge >= 0.3 is 5.97 Å². The van der Waals surface area contributed by atoms with Crippen LogP contribution in [0.1, 0.15) is 71.6 Å². The van der Waals surface area contributed by atoms with Crippen molar-refractivity contribution in [3.05, 3.63) is 12.2 Å². The molecule has 45 heavy (non-hydrogen) atoms. The molecule has 256 valence electrons. The van der Waals surface area contributed by atoms with E-state index in [4.69, 9.17) is 18.9 Å². The van der Waals surface area contributed by atoms with Gasteiger partial charge in [-0.1, -0.05) is 19.9 Å². The summed E-state index contributed by atoms with van der Waals surface area (Å²) in [5.74, 6) is -0.392. The van der Waals surface area contributed by atoms with Crippen LogP contribution in [0.2, 0.25) is 0 Å². The Labute approximate surface area is 262 Å². The van der Waals surface area contributed by atoms with E-state index >= 15 is 0 Å². The van der Waals surface area contributed by atoms with Crippen molar-refractivity contribution in [3.8, 4) is 0 Å². The topological polar surface area (TPSA) is 216 Å². The average Bonchev–Trinajstić information content (AvgIpc) is 3.19. The summed E-state index contributed by atoms with van der Waals surface area (Å²) in [6, 6.07) is 0. The molecule has 0 aromatic rings. The zero-order valence-corrected chi connectivity index (χ0v) is 26.0. The molecule has 0 unspecified atom stereocenters. The van der Waals surface area contributed by atoms with Gasteiger partial charge in [0, 0.05) is 0 Å². The van der Waals surface area contributed by atoms with Crippen molar-refractivity contribution in [3.63, 3.8) is 0 Å². The Morgan fingerprint density at radius 2 is 1.47 bits per heavy atom. The van der Waals surface area contributed by atoms with E-state index in [1.54, 1.807) is 0 Å². The maximum atomic E-state index is 12.5. The lowest BCUT2D eigenvalue weighted by Gasteiger charge is -2.64. The lowest BCUT2D eigenvalue weighted by molar-refractivity contribution is -0.378. The molecule has 2 saturated heterocycles. The van der Waals surface area contributed by atoms with Crippen molar-refractivity contribution in [2.24, 2.45) is 28.1 Å². The smallest absolute Gasteiger partial charge is 0.309 e. The zero-order valence-electron chi connectivity index (χ0n) is 26.0. The lowest BCUT2D eigenvalue weighted by Crippen LogP contribution is -2.65. The second-order valence-corrected chi connectivity index (χ2v) is 15.2.